The predicted octanol–water partition coefficient (Wildman–Crippen LogP) is -1.35. The molecule has 0 saturated carbocycles. The molecule has 0 aliphatic heterocycles. The molecule has 0 saturated heterocycles. The van der Waals surface area contributed by atoms with Crippen LogP contribution in [0.15, 0.2) is 30.3 Å². The molecule has 0 radical (unpaired) electrons. The minimum absolute atomic E-state index is 0.0264. The summed E-state index contributed by atoms with van der Waals surface area (Å²) in [5, 5.41) is 53.0. The van der Waals surface area contributed by atoms with Crippen LogP contribution in [0.25, 0.3) is 0 Å². The number of hydrogen-bond donors (Lipinski definition) is 16. The molecule has 0 fully saturated rings. The summed E-state index contributed by atoms with van der Waals surface area (Å²) in [5.74, 6) is -11.8. The molecule has 1 aromatic rings. The van der Waals surface area contributed by atoms with E-state index in [2.05, 4.69) is 47.9 Å². The standard InChI is InChI=1S/C57H99N13O14/c1-32(2)28-42(66-48(74)37(61)30-36-18-10-9-11-19-36)52(78)68-44(31-71)54(80)67-43(29-33(3)4)53(79)70-47(35(7)8)56(82)63-38(20-12-15-25-58)49(75)62-40(23-24-45(72)73)51(77)69-46(34(5)6)55(81)64-39(21-13-16-26-59)50(76)65-41(57(83)84)22-14-17-27-60/h9-11,18-19,32-35,37-44,46-47,71H,12-17,20-31,58-61H2,1-8H3,(H,62,75)(H,63,82)(H,64,81)(H,65,76)(H,66,74)(H,67,80)(H,68,78)(H,69,77)(H,70,79)(H,72,73)(H,83,84)/t37-,38-,39-,40-,41-,42-,43-,44-,46-,47-/m0/s1. The van der Waals surface area contributed by atoms with E-state index in [-0.39, 0.29) is 69.9 Å². The minimum atomic E-state index is -1.60. The van der Waals surface area contributed by atoms with Gasteiger partial charge in [0.15, 0.2) is 0 Å². The molecule has 0 aliphatic carbocycles. The maximum atomic E-state index is 14.3. The van der Waals surface area contributed by atoms with Crippen molar-refractivity contribution in [3.05, 3.63) is 35.9 Å². The predicted molar refractivity (Wildman–Crippen MR) is 314 cm³/mol. The Morgan fingerprint density at radius 1 is 0.417 bits per heavy atom. The second-order valence-corrected chi connectivity index (χ2v) is 22.8. The van der Waals surface area contributed by atoms with E-state index in [4.69, 9.17) is 22.9 Å². The van der Waals surface area contributed by atoms with E-state index in [1.807, 2.05) is 32.0 Å². The van der Waals surface area contributed by atoms with Crippen molar-refractivity contribution < 1.29 is 68.1 Å². The average Bonchev–Trinajstić information content (AvgIpc) is 3.61. The van der Waals surface area contributed by atoms with E-state index in [0.29, 0.717) is 38.6 Å². The van der Waals surface area contributed by atoms with Gasteiger partial charge in [0.1, 0.15) is 54.4 Å². The van der Waals surface area contributed by atoms with E-state index in [0.717, 1.165) is 5.56 Å². The monoisotopic (exact) mass is 1190 g/mol. The Bertz CT molecular complexity index is 2260. The number of unbranched alkanes of at least 4 members (excludes halogenated alkanes) is 3. The third-order valence-electron chi connectivity index (χ3n) is 13.6. The molecule has 0 aromatic heterocycles. The van der Waals surface area contributed by atoms with Crippen molar-refractivity contribution in [3.8, 4) is 0 Å². The van der Waals surface area contributed by atoms with Crippen molar-refractivity contribution in [3.63, 3.8) is 0 Å². The molecule has 20 N–H and O–H groups in total. The molecule has 9 amide bonds. The number of aliphatic hydroxyl groups is 1. The molecule has 476 valence electrons. The average molecular weight is 1190 g/mol. The Hall–Kier alpha value is -6.81. The number of carbonyl (C=O) groups is 11. The van der Waals surface area contributed by atoms with Gasteiger partial charge in [0.05, 0.1) is 12.6 Å². The van der Waals surface area contributed by atoms with Crippen LogP contribution >= 0.6 is 0 Å². The fourth-order valence-electron chi connectivity index (χ4n) is 8.84. The first kappa shape index (κ1) is 75.2. The van der Waals surface area contributed by atoms with Crippen LogP contribution < -0.4 is 70.8 Å². The van der Waals surface area contributed by atoms with Crippen LogP contribution in [0.5, 0.6) is 0 Å². The van der Waals surface area contributed by atoms with Gasteiger partial charge in [-0.1, -0.05) is 85.7 Å². The number of nitrogens with two attached hydrogens (primary N) is 4. The first-order valence-electron chi connectivity index (χ1n) is 29.3. The van der Waals surface area contributed by atoms with Gasteiger partial charge in [-0.05, 0) is 132 Å². The highest BCUT2D eigenvalue weighted by Gasteiger charge is 2.37. The molecule has 0 heterocycles. The summed E-state index contributed by atoms with van der Waals surface area (Å²) in [5.41, 5.74) is 24.0. The Balaban J connectivity index is 3.42. The number of aliphatic hydroxyl groups excluding tert-OH is 1. The zero-order valence-electron chi connectivity index (χ0n) is 50.3. The molecule has 84 heavy (non-hydrogen) atoms. The Morgan fingerprint density at radius 3 is 1.14 bits per heavy atom. The lowest BCUT2D eigenvalue weighted by atomic mass is 9.98. The third kappa shape index (κ3) is 29.1. The summed E-state index contributed by atoms with van der Waals surface area (Å²) in [4.78, 5) is 149. The van der Waals surface area contributed by atoms with Crippen molar-refractivity contribution in [1.29, 1.82) is 0 Å². The van der Waals surface area contributed by atoms with Gasteiger partial charge >= 0.3 is 11.9 Å². The number of carbonyl (C=O) groups excluding carboxylic acids is 9. The summed E-state index contributed by atoms with van der Waals surface area (Å²) in [6.07, 6.45) is 1.85. The van der Waals surface area contributed by atoms with Crippen molar-refractivity contribution in [1.82, 2.24) is 47.9 Å². The molecular weight excluding hydrogens is 1090 g/mol. The van der Waals surface area contributed by atoms with E-state index in [1.54, 1.807) is 53.7 Å². The molecule has 0 bridgehead atoms. The smallest absolute Gasteiger partial charge is 0.326 e. The SMILES string of the molecule is CC(C)C[C@H](NC(=O)[C@H](CO)NC(=O)[C@H](CC(C)C)NC(=O)[C@@H](N)Cc1ccccc1)C(=O)N[C@H](C(=O)N[C@@H](CCCCN)C(=O)N[C@@H](CCC(=O)O)C(=O)N[C@H](C(=O)N[C@@H](CCCCN)C(=O)N[C@@H](CCCCN)C(=O)O)C(C)C)C(C)C. The molecule has 0 aliphatic rings. The maximum absolute atomic E-state index is 14.3. The number of hydrogen-bond acceptors (Lipinski definition) is 16. The van der Waals surface area contributed by atoms with Crippen LogP contribution in [0.2, 0.25) is 0 Å². The van der Waals surface area contributed by atoms with Crippen molar-refractivity contribution in [2.75, 3.05) is 26.2 Å². The zero-order chi connectivity index (χ0) is 63.6. The molecule has 1 rings (SSSR count). The molecular formula is C57H99N13O14. The van der Waals surface area contributed by atoms with E-state index >= 15 is 0 Å². The lowest BCUT2D eigenvalue weighted by molar-refractivity contribution is -0.142. The van der Waals surface area contributed by atoms with E-state index in [1.165, 1.54) is 0 Å². The third-order valence-corrected chi connectivity index (χ3v) is 13.6. The second kappa shape index (κ2) is 40.5. The van der Waals surface area contributed by atoms with Gasteiger partial charge in [0.2, 0.25) is 53.2 Å². The summed E-state index contributed by atoms with van der Waals surface area (Å²) >= 11 is 0. The molecule has 10 atom stereocenters. The first-order valence-corrected chi connectivity index (χ1v) is 29.3. The minimum Gasteiger partial charge on any atom is -0.481 e. The lowest BCUT2D eigenvalue weighted by Gasteiger charge is -2.30. The Labute approximate surface area is 494 Å². The van der Waals surface area contributed by atoms with Gasteiger partial charge < -0.3 is 86.1 Å². The summed E-state index contributed by atoms with van der Waals surface area (Å²) in [6.45, 7) is 13.5. The second-order valence-electron chi connectivity index (χ2n) is 22.8. The number of amides is 9. The Kier molecular flexibility index (Phi) is 36.2. The van der Waals surface area contributed by atoms with Crippen LogP contribution in [-0.4, -0.2) is 167 Å². The number of aliphatic carboxylic acids is 2. The number of carboxylic acids is 2. The van der Waals surface area contributed by atoms with Crippen molar-refractivity contribution >= 4 is 65.1 Å². The van der Waals surface area contributed by atoms with Crippen LogP contribution in [0.3, 0.4) is 0 Å². The van der Waals surface area contributed by atoms with Gasteiger partial charge in [-0.25, -0.2) is 4.79 Å². The van der Waals surface area contributed by atoms with Gasteiger partial charge in [0.25, 0.3) is 0 Å². The maximum Gasteiger partial charge on any atom is 0.326 e. The summed E-state index contributed by atoms with van der Waals surface area (Å²) < 4.78 is 0. The highest BCUT2D eigenvalue weighted by Crippen LogP contribution is 2.14. The molecule has 0 unspecified atom stereocenters. The Morgan fingerprint density at radius 2 is 0.750 bits per heavy atom. The van der Waals surface area contributed by atoms with E-state index in [9.17, 15) is 68.1 Å². The zero-order valence-corrected chi connectivity index (χ0v) is 50.3. The van der Waals surface area contributed by atoms with E-state index < -0.39 is 157 Å². The van der Waals surface area contributed by atoms with Crippen LogP contribution in [-0.2, 0) is 59.2 Å². The quantitative estimate of drug-likeness (QED) is 0.0336. The van der Waals surface area contributed by atoms with Crippen LogP contribution in [0.1, 0.15) is 144 Å². The molecule has 27 nitrogen and oxygen atoms in total. The van der Waals surface area contributed by atoms with Gasteiger partial charge in [-0.2, -0.15) is 0 Å². The fourth-order valence-corrected chi connectivity index (χ4v) is 8.84. The van der Waals surface area contributed by atoms with Gasteiger partial charge in [0, 0.05) is 6.42 Å². The number of rotatable bonds is 43. The lowest BCUT2D eigenvalue weighted by Crippen LogP contribution is -2.62. The number of benzene rings is 1. The molecule has 0 spiro atoms. The van der Waals surface area contributed by atoms with Crippen molar-refractivity contribution in [2.45, 2.75) is 206 Å². The normalized spacial score (nSPS) is 15.0. The highest BCUT2D eigenvalue weighted by atomic mass is 16.4. The van der Waals surface area contributed by atoms with Crippen molar-refractivity contribution in [2.24, 2.45) is 46.6 Å². The first-order chi connectivity index (χ1) is 39.6. The molecule has 1 aromatic carbocycles. The number of nitrogens with one attached hydrogen (secondary N) is 9. The highest BCUT2D eigenvalue weighted by molar-refractivity contribution is 5.98. The summed E-state index contributed by atoms with van der Waals surface area (Å²) in [6, 6.07) is -4.25. The van der Waals surface area contributed by atoms with Gasteiger partial charge in [-0.3, -0.25) is 47.9 Å². The molecule has 27 heteroatoms. The van der Waals surface area contributed by atoms with Gasteiger partial charge in [-0.15, -0.1) is 0 Å². The topological polar surface area (TPSA) is 461 Å². The summed E-state index contributed by atoms with van der Waals surface area (Å²) in [7, 11) is 0. The van der Waals surface area contributed by atoms with Crippen LogP contribution in [0, 0.1) is 23.7 Å². The van der Waals surface area contributed by atoms with Crippen LogP contribution in [0.4, 0.5) is 0 Å². The number of carboxylic acid groups (broad SMARTS) is 2. The largest absolute Gasteiger partial charge is 0.481 e. The fraction of sp³-hybridized carbons (Fsp3) is 0.702.